The fourth-order valence-corrected chi connectivity index (χ4v) is 3.07. The summed E-state index contributed by atoms with van der Waals surface area (Å²) in [5, 5.41) is 0. The molecule has 0 saturated carbocycles. The molecule has 0 saturated heterocycles. The monoisotopic (exact) mass is 375 g/mol. The van der Waals surface area contributed by atoms with E-state index in [1.54, 1.807) is 18.3 Å². The van der Waals surface area contributed by atoms with Crippen LogP contribution in [0.3, 0.4) is 0 Å². The van der Waals surface area contributed by atoms with E-state index < -0.39 is 5.41 Å². The third kappa shape index (κ3) is 3.51. The van der Waals surface area contributed by atoms with E-state index in [1.807, 2.05) is 12.1 Å². The minimum Gasteiger partial charge on any atom is -0.260 e. The van der Waals surface area contributed by atoms with Crippen LogP contribution in [0.2, 0.25) is 0 Å². The summed E-state index contributed by atoms with van der Waals surface area (Å²) in [4.78, 5) is 4.36. The SMILES string of the molecule is Fc1ccc(C(CCl)(CCl)Cc2ccc(Br)cn2)cc1. The van der Waals surface area contributed by atoms with Gasteiger partial charge in [0.25, 0.3) is 0 Å². The molecule has 0 bridgehead atoms. The van der Waals surface area contributed by atoms with Crippen LogP contribution in [0.15, 0.2) is 47.1 Å². The lowest BCUT2D eigenvalue weighted by atomic mass is 9.80. The average Bonchev–Trinajstić information content (AvgIpc) is 2.48. The Bertz CT molecular complexity index is 553. The van der Waals surface area contributed by atoms with E-state index in [0.717, 1.165) is 15.7 Å². The van der Waals surface area contributed by atoms with E-state index in [4.69, 9.17) is 23.2 Å². The van der Waals surface area contributed by atoms with Crippen LogP contribution in [-0.2, 0) is 11.8 Å². The lowest BCUT2D eigenvalue weighted by molar-refractivity contribution is 0.526. The largest absolute Gasteiger partial charge is 0.260 e. The topological polar surface area (TPSA) is 12.9 Å². The lowest BCUT2D eigenvalue weighted by Crippen LogP contribution is -2.33. The number of alkyl halides is 2. The van der Waals surface area contributed by atoms with Crippen molar-refractivity contribution in [3.63, 3.8) is 0 Å². The van der Waals surface area contributed by atoms with Gasteiger partial charge in [-0.2, -0.15) is 0 Å². The highest BCUT2D eigenvalue weighted by Gasteiger charge is 2.31. The predicted molar refractivity (Wildman–Crippen MR) is 85.2 cm³/mol. The molecule has 5 heteroatoms. The van der Waals surface area contributed by atoms with E-state index in [1.165, 1.54) is 12.1 Å². The second-order valence-corrected chi connectivity index (χ2v) is 6.15. The second kappa shape index (κ2) is 6.88. The molecule has 106 valence electrons. The molecule has 1 aromatic carbocycles. The first-order chi connectivity index (χ1) is 9.59. The van der Waals surface area contributed by atoms with Crippen molar-refractivity contribution in [3.8, 4) is 0 Å². The zero-order chi connectivity index (χ0) is 14.6. The minimum atomic E-state index is -0.447. The van der Waals surface area contributed by atoms with Crippen LogP contribution in [-0.4, -0.2) is 16.7 Å². The molecule has 0 fully saturated rings. The molecule has 0 unspecified atom stereocenters. The summed E-state index contributed by atoms with van der Waals surface area (Å²) in [6.07, 6.45) is 2.35. The Morgan fingerprint density at radius 2 is 1.70 bits per heavy atom. The van der Waals surface area contributed by atoms with Crippen molar-refractivity contribution in [1.29, 1.82) is 0 Å². The molecule has 20 heavy (non-hydrogen) atoms. The van der Waals surface area contributed by atoms with Gasteiger partial charge < -0.3 is 0 Å². The van der Waals surface area contributed by atoms with E-state index >= 15 is 0 Å². The number of benzene rings is 1. The van der Waals surface area contributed by atoms with Crippen molar-refractivity contribution >= 4 is 39.1 Å². The van der Waals surface area contributed by atoms with Gasteiger partial charge in [-0.15, -0.1) is 23.2 Å². The molecule has 0 aliphatic rings. The van der Waals surface area contributed by atoms with Crippen LogP contribution in [0.5, 0.6) is 0 Å². The van der Waals surface area contributed by atoms with Crippen LogP contribution in [0.25, 0.3) is 0 Å². The Morgan fingerprint density at radius 3 is 2.20 bits per heavy atom. The molecular weight excluding hydrogens is 364 g/mol. The fraction of sp³-hybridized carbons (Fsp3) is 0.267. The Labute approximate surface area is 136 Å². The van der Waals surface area contributed by atoms with Gasteiger partial charge in [0.1, 0.15) is 5.82 Å². The van der Waals surface area contributed by atoms with E-state index in [2.05, 4.69) is 20.9 Å². The van der Waals surface area contributed by atoms with Crippen molar-refractivity contribution in [3.05, 3.63) is 64.1 Å². The van der Waals surface area contributed by atoms with Gasteiger partial charge in [0.15, 0.2) is 0 Å². The first-order valence-corrected chi connectivity index (χ1v) is 7.94. The van der Waals surface area contributed by atoms with Crippen molar-refractivity contribution < 1.29 is 4.39 Å². The fourth-order valence-electron chi connectivity index (χ4n) is 2.05. The summed E-state index contributed by atoms with van der Waals surface area (Å²) in [6, 6.07) is 10.2. The Morgan fingerprint density at radius 1 is 1.05 bits per heavy atom. The van der Waals surface area contributed by atoms with Gasteiger partial charge >= 0.3 is 0 Å². The van der Waals surface area contributed by atoms with Crippen LogP contribution in [0.1, 0.15) is 11.3 Å². The maximum absolute atomic E-state index is 13.1. The zero-order valence-electron chi connectivity index (χ0n) is 10.6. The summed E-state index contributed by atoms with van der Waals surface area (Å²) < 4.78 is 14.0. The number of nitrogens with zero attached hydrogens (tertiary/aromatic N) is 1. The molecule has 0 aliphatic heterocycles. The van der Waals surface area contributed by atoms with E-state index in [0.29, 0.717) is 18.2 Å². The first kappa shape index (κ1) is 15.7. The Kier molecular flexibility index (Phi) is 5.42. The molecule has 2 rings (SSSR count). The van der Waals surface area contributed by atoms with Crippen LogP contribution >= 0.6 is 39.1 Å². The normalized spacial score (nSPS) is 11.6. The molecule has 0 amide bonds. The minimum absolute atomic E-state index is 0.270. The standard InChI is InChI=1S/C15H13BrCl2FN/c16-12-3-6-14(20-8-12)7-15(9-17,10-18)11-1-4-13(19)5-2-11/h1-6,8H,7,9-10H2. The zero-order valence-corrected chi connectivity index (χ0v) is 13.7. The molecule has 0 N–H and O–H groups in total. The number of rotatable bonds is 5. The number of pyridine rings is 1. The van der Waals surface area contributed by atoms with Crippen LogP contribution in [0.4, 0.5) is 4.39 Å². The Balaban J connectivity index is 2.33. The Hall–Kier alpha value is -0.640. The van der Waals surface area contributed by atoms with Crippen molar-refractivity contribution in [2.75, 3.05) is 11.8 Å². The third-order valence-electron chi connectivity index (χ3n) is 3.28. The van der Waals surface area contributed by atoms with Crippen LogP contribution in [0, 0.1) is 5.82 Å². The summed E-state index contributed by atoms with van der Waals surface area (Å²) in [7, 11) is 0. The quantitative estimate of drug-likeness (QED) is 0.673. The maximum Gasteiger partial charge on any atom is 0.123 e. The smallest absolute Gasteiger partial charge is 0.123 e. The van der Waals surface area contributed by atoms with Gasteiger partial charge in [-0.1, -0.05) is 12.1 Å². The summed E-state index contributed by atoms with van der Waals surface area (Å²) >= 11 is 15.7. The maximum atomic E-state index is 13.1. The highest BCUT2D eigenvalue weighted by atomic mass is 79.9. The van der Waals surface area contributed by atoms with Crippen LogP contribution < -0.4 is 0 Å². The predicted octanol–water partition coefficient (Wildman–Crippen LogP) is 4.94. The summed E-state index contributed by atoms with van der Waals surface area (Å²) in [6.45, 7) is 0. The van der Waals surface area contributed by atoms with Gasteiger partial charge in [0.05, 0.1) is 0 Å². The molecule has 1 nitrogen and oxygen atoms in total. The van der Waals surface area contributed by atoms with Gasteiger partial charge in [-0.25, -0.2) is 4.39 Å². The van der Waals surface area contributed by atoms with Gasteiger partial charge in [0.2, 0.25) is 0 Å². The van der Waals surface area contributed by atoms with Gasteiger partial charge in [-0.3, -0.25) is 4.98 Å². The first-order valence-electron chi connectivity index (χ1n) is 6.08. The molecule has 0 atom stereocenters. The molecule has 0 radical (unpaired) electrons. The average molecular weight is 377 g/mol. The summed E-state index contributed by atoms with van der Waals surface area (Å²) in [5.41, 5.74) is 1.38. The highest BCUT2D eigenvalue weighted by Crippen LogP contribution is 2.31. The third-order valence-corrected chi connectivity index (χ3v) is 4.77. The van der Waals surface area contributed by atoms with Crippen molar-refractivity contribution in [2.45, 2.75) is 11.8 Å². The molecular formula is C15H13BrCl2FN. The number of aromatic nitrogens is 1. The molecule has 0 aliphatic carbocycles. The van der Waals surface area contributed by atoms with Gasteiger partial charge in [-0.05, 0) is 45.8 Å². The van der Waals surface area contributed by atoms with Crippen molar-refractivity contribution in [1.82, 2.24) is 4.98 Å². The molecule has 1 heterocycles. The number of hydrogen-bond donors (Lipinski definition) is 0. The van der Waals surface area contributed by atoms with Crippen molar-refractivity contribution in [2.24, 2.45) is 0 Å². The summed E-state index contributed by atoms with van der Waals surface area (Å²) in [5.74, 6) is 0.424. The lowest BCUT2D eigenvalue weighted by Gasteiger charge is -2.30. The second-order valence-electron chi connectivity index (χ2n) is 4.70. The van der Waals surface area contributed by atoms with E-state index in [9.17, 15) is 4.39 Å². The number of hydrogen-bond acceptors (Lipinski definition) is 1. The van der Waals surface area contributed by atoms with Gasteiger partial charge in [0, 0.05) is 40.0 Å². The molecule has 2 aromatic rings. The highest BCUT2D eigenvalue weighted by molar-refractivity contribution is 9.10. The molecule has 0 spiro atoms. The number of halogens is 4. The van der Waals surface area contributed by atoms with E-state index in [-0.39, 0.29) is 5.82 Å². The molecule has 1 aromatic heterocycles.